The Morgan fingerprint density at radius 3 is 2.67 bits per heavy atom. The molecule has 0 heterocycles. The van der Waals surface area contributed by atoms with Crippen molar-refractivity contribution in [1.29, 1.82) is 0 Å². The molecule has 0 aliphatic carbocycles. The third-order valence-corrected chi connectivity index (χ3v) is 4.77. The maximum absolute atomic E-state index is 13.1. The van der Waals surface area contributed by atoms with E-state index in [9.17, 15) is 4.39 Å². The molecule has 0 aliphatic rings. The second-order valence-corrected chi connectivity index (χ2v) is 5.78. The van der Waals surface area contributed by atoms with Crippen molar-refractivity contribution in [2.24, 2.45) is 0 Å². The summed E-state index contributed by atoms with van der Waals surface area (Å²) in [7, 11) is 0. The van der Waals surface area contributed by atoms with Crippen molar-refractivity contribution in [2.45, 2.75) is 6.54 Å². The van der Waals surface area contributed by atoms with Crippen LogP contribution in [-0.2, 0) is 6.54 Å². The van der Waals surface area contributed by atoms with Crippen molar-refractivity contribution in [3.8, 4) is 5.75 Å². The lowest BCUT2D eigenvalue weighted by atomic mass is 10.2. The molecule has 2 N–H and O–H groups in total. The molecule has 0 radical (unpaired) electrons. The summed E-state index contributed by atoms with van der Waals surface area (Å²) in [6.07, 6.45) is 0. The van der Waals surface area contributed by atoms with Crippen LogP contribution in [0.1, 0.15) is 5.56 Å². The van der Waals surface area contributed by atoms with Gasteiger partial charge in [-0.3, -0.25) is 0 Å². The maximum atomic E-state index is 13.1. The van der Waals surface area contributed by atoms with Crippen LogP contribution in [-0.4, -0.2) is 5.11 Å². The van der Waals surface area contributed by atoms with Crippen molar-refractivity contribution < 1.29 is 9.50 Å². The Morgan fingerprint density at radius 2 is 2.00 bits per heavy atom. The first-order valence-corrected chi connectivity index (χ1v) is 7.10. The number of phenolic OH excluding ortho intramolecular Hbond substituents is 1. The zero-order valence-corrected chi connectivity index (χ0v) is 13.0. The molecule has 2 nitrogen and oxygen atoms in total. The summed E-state index contributed by atoms with van der Waals surface area (Å²) < 4.78 is 15.3. The lowest BCUT2D eigenvalue weighted by molar-refractivity contribution is 0.432. The topological polar surface area (TPSA) is 32.3 Å². The fourth-order valence-corrected chi connectivity index (χ4v) is 2.18. The van der Waals surface area contributed by atoms with E-state index < -0.39 is 5.82 Å². The molecule has 0 aliphatic heterocycles. The first-order chi connectivity index (χ1) is 8.56. The summed E-state index contributed by atoms with van der Waals surface area (Å²) in [5, 5.41) is 12.3. The Balaban J connectivity index is 2.06. The Labute approximate surface area is 126 Å². The predicted molar refractivity (Wildman–Crippen MR) is 82.3 cm³/mol. The van der Waals surface area contributed by atoms with Crippen LogP contribution in [0.3, 0.4) is 0 Å². The van der Waals surface area contributed by atoms with Gasteiger partial charge in [0.05, 0.1) is 0 Å². The molecule has 18 heavy (non-hydrogen) atoms. The number of phenols is 1. The summed E-state index contributed by atoms with van der Waals surface area (Å²) in [6.45, 7) is 0.504. The van der Waals surface area contributed by atoms with E-state index in [0.29, 0.717) is 6.54 Å². The van der Waals surface area contributed by atoms with Gasteiger partial charge in [-0.25, -0.2) is 4.39 Å². The van der Waals surface area contributed by atoms with E-state index >= 15 is 0 Å². The maximum Gasteiger partial charge on any atom is 0.165 e. The molecule has 5 heteroatoms. The quantitative estimate of drug-likeness (QED) is 0.714. The third-order valence-electron chi connectivity index (χ3n) is 2.43. The first kappa shape index (κ1) is 13.6. The number of hydrogen-bond donors (Lipinski definition) is 2. The van der Waals surface area contributed by atoms with E-state index in [1.165, 1.54) is 12.1 Å². The fraction of sp³-hybridized carbons (Fsp3) is 0.0769. The average molecular weight is 422 g/mol. The summed E-state index contributed by atoms with van der Waals surface area (Å²) in [6, 6.07) is 10.3. The smallest absolute Gasteiger partial charge is 0.165 e. The van der Waals surface area contributed by atoms with Gasteiger partial charge in [0.25, 0.3) is 0 Å². The van der Waals surface area contributed by atoms with Crippen LogP contribution >= 0.6 is 38.5 Å². The van der Waals surface area contributed by atoms with Gasteiger partial charge in [-0.1, -0.05) is 6.07 Å². The van der Waals surface area contributed by atoms with Crippen molar-refractivity contribution in [3.05, 3.63) is 55.8 Å². The Kier molecular flexibility index (Phi) is 4.45. The molecule has 2 aromatic carbocycles. The molecule has 0 spiro atoms. The molecule has 0 saturated heterocycles. The number of rotatable bonds is 3. The highest BCUT2D eigenvalue weighted by molar-refractivity contribution is 14.1. The van der Waals surface area contributed by atoms with Gasteiger partial charge in [0.15, 0.2) is 11.6 Å². The Morgan fingerprint density at radius 1 is 1.22 bits per heavy atom. The van der Waals surface area contributed by atoms with E-state index in [1.807, 2.05) is 18.2 Å². The largest absolute Gasteiger partial charge is 0.505 e. The van der Waals surface area contributed by atoms with E-state index in [1.54, 1.807) is 6.07 Å². The average Bonchev–Trinajstić information content (AvgIpc) is 2.35. The minimum Gasteiger partial charge on any atom is -0.505 e. The van der Waals surface area contributed by atoms with Crippen LogP contribution in [0.25, 0.3) is 0 Å². The van der Waals surface area contributed by atoms with E-state index in [-0.39, 0.29) is 5.75 Å². The van der Waals surface area contributed by atoms with Gasteiger partial charge in [0.2, 0.25) is 0 Å². The van der Waals surface area contributed by atoms with Gasteiger partial charge in [0, 0.05) is 20.3 Å². The number of hydrogen-bond acceptors (Lipinski definition) is 2. The Hall–Kier alpha value is -0.820. The Bertz CT molecular complexity index is 525. The second kappa shape index (κ2) is 5.88. The molecule has 0 saturated carbocycles. The molecule has 2 aromatic rings. The lowest BCUT2D eigenvalue weighted by Gasteiger charge is -2.08. The minimum absolute atomic E-state index is 0.323. The van der Waals surface area contributed by atoms with E-state index in [2.05, 4.69) is 43.8 Å². The fourth-order valence-electron chi connectivity index (χ4n) is 1.47. The molecule has 94 valence electrons. The van der Waals surface area contributed by atoms with Gasteiger partial charge in [-0.15, -0.1) is 0 Å². The highest BCUT2D eigenvalue weighted by Crippen LogP contribution is 2.23. The van der Waals surface area contributed by atoms with Crippen LogP contribution in [0, 0.1) is 9.39 Å². The highest BCUT2D eigenvalue weighted by Gasteiger charge is 2.02. The summed E-state index contributed by atoms with van der Waals surface area (Å²) >= 11 is 5.69. The van der Waals surface area contributed by atoms with Crippen molar-refractivity contribution in [2.75, 3.05) is 5.32 Å². The summed E-state index contributed by atoms with van der Waals surface area (Å²) in [4.78, 5) is 0. The molecule has 0 aromatic heterocycles. The van der Waals surface area contributed by atoms with Gasteiger partial charge in [0.1, 0.15) is 0 Å². The summed E-state index contributed by atoms with van der Waals surface area (Å²) in [5.74, 6) is -0.922. The van der Waals surface area contributed by atoms with Gasteiger partial charge >= 0.3 is 0 Å². The molecular formula is C13H10BrFINO. The van der Waals surface area contributed by atoms with Crippen molar-refractivity contribution in [1.82, 2.24) is 0 Å². The SMILES string of the molecule is Oc1ccc(CNc2ccc(I)c(Br)c2)cc1F. The molecule has 0 atom stereocenters. The highest BCUT2D eigenvalue weighted by atomic mass is 127. The van der Waals surface area contributed by atoms with Gasteiger partial charge in [-0.05, 0) is 74.4 Å². The van der Waals surface area contributed by atoms with Crippen molar-refractivity contribution >= 4 is 44.2 Å². The number of benzene rings is 2. The number of aromatic hydroxyl groups is 1. The zero-order chi connectivity index (χ0) is 13.1. The molecule has 0 fully saturated rings. The molecule has 2 rings (SSSR count). The summed E-state index contributed by atoms with van der Waals surface area (Å²) in [5.41, 5.74) is 1.73. The van der Waals surface area contributed by atoms with Crippen LogP contribution in [0.15, 0.2) is 40.9 Å². The van der Waals surface area contributed by atoms with Crippen molar-refractivity contribution in [3.63, 3.8) is 0 Å². The lowest BCUT2D eigenvalue weighted by Crippen LogP contribution is -2.00. The molecular weight excluding hydrogens is 412 g/mol. The van der Waals surface area contributed by atoms with Crippen LogP contribution in [0.2, 0.25) is 0 Å². The van der Waals surface area contributed by atoms with Gasteiger partial charge in [-0.2, -0.15) is 0 Å². The van der Waals surface area contributed by atoms with E-state index in [4.69, 9.17) is 5.11 Å². The third kappa shape index (κ3) is 3.35. The number of halogens is 3. The van der Waals surface area contributed by atoms with Crippen LogP contribution < -0.4 is 5.32 Å². The monoisotopic (exact) mass is 421 g/mol. The standard InChI is InChI=1S/C13H10BrFINO/c14-10-6-9(2-3-12(10)16)17-7-8-1-4-13(18)11(15)5-8/h1-6,17-18H,7H2. The predicted octanol–water partition coefficient (Wildman–Crippen LogP) is 4.51. The van der Waals surface area contributed by atoms with E-state index in [0.717, 1.165) is 19.3 Å². The van der Waals surface area contributed by atoms with Crippen LogP contribution in [0.5, 0.6) is 5.75 Å². The first-order valence-electron chi connectivity index (χ1n) is 5.22. The number of nitrogens with one attached hydrogen (secondary N) is 1. The molecule has 0 bridgehead atoms. The molecule has 0 amide bonds. The van der Waals surface area contributed by atoms with Gasteiger partial charge < -0.3 is 10.4 Å². The molecule has 0 unspecified atom stereocenters. The normalized spacial score (nSPS) is 10.4. The minimum atomic E-state index is -0.599. The second-order valence-electron chi connectivity index (χ2n) is 3.77. The van der Waals surface area contributed by atoms with Crippen LogP contribution in [0.4, 0.5) is 10.1 Å². The zero-order valence-electron chi connectivity index (χ0n) is 9.25. The number of anilines is 1.